The van der Waals surface area contributed by atoms with E-state index in [-0.39, 0.29) is 17.7 Å². The van der Waals surface area contributed by atoms with Gasteiger partial charge in [0.25, 0.3) is 0 Å². The van der Waals surface area contributed by atoms with Crippen LogP contribution in [0.1, 0.15) is 27.0 Å². The van der Waals surface area contributed by atoms with Crippen LogP contribution in [-0.4, -0.2) is 5.97 Å². The molecule has 2 aromatic rings. The van der Waals surface area contributed by atoms with Crippen molar-refractivity contribution in [1.82, 2.24) is 0 Å². The summed E-state index contributed by atoms with van der Waals surface area (Å²) in [5.74, 6) is -1.16. The van der Waals surface area contributed by atoms with E-state index < -0.39 is 11.8 Å². The molecule has 0 fully saturated rings. The van der Waals surface area contributed by atoms with E-state index in [2.05, 4.69) is 0 Å². The Labute approximate surface area is 121 Å². The van der Waals surface area contributed by atoms with Crippen LogP contribution in [0.15, 0.2) is 36.4 Å². The molecule has 0 atom stereocenters. The van der Waals surface area contributed by atoms with Crippen molar-refractivity contribution < 1.29 is 13.9 Å². The average Bonchev–Trinajstić information content (AvgIpc) is 2.48. The summed E-state index contributed by atoms with van der Waals surface area (Å²) in [4.78, 5) is 11.9. The van der Waals surface area contributed by atoms with E-state index in [9.17, 15) is 9.18 Å². The zero-order chi connectivity index (χ0) is 15.4. The van der Waals surface area contributed by atoms with E-state index in [1.807, 2.05) is 13.0 Å². The molecule has 0 heterocycles. The fourth-order valence-electron chi connectivity index (χ4n) is 1.73. The molecule has 2 N–H and O–H groups in total. The second-order valence-electron chi connectivity index (χ2n) is 4.57. The molecule has 4 nitrogen and oxygen atoms in total. The van der Waals surface area contributed by atoms with Gasteiger partial charge in [-0.1, -0.05) is 12.1 Å². The normalized spacial score (nSPS) is 9.95. The second kappa shape index (κ2) is 6.06. The number of nitrogens with two attached hydrogens (primary N) is 1. The Hall–Kier alpha value is -2.87. The molecule has 0 amide bonds. The summed E-state index contributed by atoms with van der Waals surface area (Å²) in [6.07, 6.45) is 0. The third kappa shape index (κ3) is 3.37. The molecule has 21 heavy (non-hydrogen) atoms. The van der Waals surface area contributed by atoms with E-state index in [0.717, 1.165) is 11.6 Å². The van der Waals surface area contributed by atoms with Crippen LogP contribution in [0, 0.1) is 24.1 Å². The van der Waals surface area contributed by atoms with Gasteiger partial charge in [-0.3, -0.25) is 0 Å². The van der Waals surface area contributed by atoms with Crippen LogP contribution in [0.25, 0.3) is 0 Å². The third-order valence-electron chi connectivity index (χ3n) is 3.06. The Morgan fingerprint density at radius 1 is 1.33 bits per heavy atom. The molecule has 2 rings (SSSR count). The summed E-state index contributed by atoms with van der Waals surface area (Å²) in [5, 5.41) is 8.65. The lowest BCUT2D eigenvalue weighted by Crippen LogP contribution is -2.07. The predicted octanol–water partition coefficient (Wildman–Crippen LogP) is 2.95. The topological polar surface area (TPSA) is 76.1 Å². The molecule has 0 saturated heterocycles. The first-order valence-electron chi connectivity index (χ1n) is 6.23. The lowest BCUT2D eigenvalue weighted by atomic mass is 10.1. The Morgan fingerprint density at radius 2 is 2.10 bits per heavy atom. The number of nitriles is 1. The maximum absolute atomic E-state index is 13.6. The first-order chi connectivity index (χ1) is 10.0. The van der Waals surface area contributed by atoms with Gasteiger partial charge in [-0.05, 0) is 36.8 Å². The van der Waals surface area contributed by atoms with Crippen LogP contribution in [0.3, 0.4) is 0 Å². The van der Waals surface area contributed by atoms with Crippen LogP contribution in [-0.2, 0) is 11.3 Å². The summed E-state index contributed by atoms with van der Waals surface area (Å²) in [6, 6.07) is 10.7. The number of nitrogens with zero attached hydrogens (tertiary/aromatic N) is 1. The first-order valence-corrected chi connectivity index (χ1v) is 6.23. The fourth-order valence-corrected chi connectivity index (χ4v) is 1.73. The molecule has 106 valence electrons. The monoisotopic (exact) mass is 284 g/mol. The zero-order valence-corrected chi connectivity index (χ0v) is 11.4. The highest BCUT2D eigenvalue weighted by atomic mass is 19.1. The fraction of sp³-hybridized carbons (Fsp3) is 0.125. The van der Waals surface area contributed by atoms with Crippen molar-refractivity contribution in [3.05, 3.63) is 64.5 Å². The SMILES string of the molecule is Cc1ccc(C(=O)OCc2ccc(C#N)cc2F)cc1N. The molecular weight excluding hydrogens is 271 g/mol. The highest BCUT2D eigenvalue weighted by Crippen LogP contribution is 2.16. The average molecular weight is 284 g/mol. The van der Waals surface area contributed by atoms with Gasteiger partial charge in [0.2, 0.25) is 0 Å². The highest BCUT2D eigenvalue weighted by Gasteiger charge is 2.11. The number of anilines is 1. The van der Waals surface area contributed by atoms with Gasteiger partial charge >= 0.3 is 5.97 Å². The quantitative estimate of drug-likeness (QED) is 0.694. The van der Waals surface area contributed by atoms with Crippen LogP contribution >= 0.6 is 0 Å². The molecule has 0 bridgehead atoms. The van der Waals surface area contributed by atoms with Crippen molar-refractivity contribution in [3.8, 4) is 6.07 Å². The third-order valence-corrected chi connectivity index (χ3v) is 3.06. The molecule has 0 aliphatic rings. The molecule has 0 saturated carbocycles. The van der Waals surface area contributed by atoms with Crippen molar-refractivity contribution in [3.63, 3.8) is 0 Å². The number of benzene rings is 2. The van der Waals surface area contributed by atoms with Crippen LogP contribution in [0.5, 0.6) is 0 Å². The number of carbonyl (C=O) groups excluding carboxylic acids is 1. The summed E-state index contributed by atoms with van der Waals surface area (Å²) >= 11 is 0. The standard InChI is InChI=1S/C16H13FN2O2/c1-10-2-4-12(7-15(10)19)16(20)21-9-13-5-3-11(8-18)6-14(13)17/h2-7H,9,19H2,1H3. The Balaban J connectivity index is 2.07. The van der Waals surface area contributed by atoms with E-state index in [4.69, 9.17) is 15.7 Å². The van der Waals surface area contributed by atoms with E-state index in [1.165, 1.54) is 18.2 Å². The maximum Gasteiger partial charge on any atom is 0.338 e. The van der Waals surface area contributed by atoms with Gasteiger partial charge in [-0.25, -0.2) is 9.18 Å². The minimum atomic E-state index is -0.578. The molecule has 0 aliphatic carbocycles. The summed E-state index contributed by atoms with van der Waals surface area (Å²) in [6.45, 7) is 1.63. The van der Waals surface area contributed by atoms with Crippen LogP contribution in [0.2, 0.25) is 0 Å². The number of hydrogen-bond donors (Lipinski definition) is 1. The Morgan fingerprint density at radius 3 is 2.71 bits per heavy atom. The van der Waals surface area contributed by atoms with E-state index >= 15 is 0 Å². The van der Waals surface area contributed by atoms with Crippen molar-refractivity contribution in [2.24, 2.45) is 0 Å². The zero-order valence-electron chi connectivity index (χ0n) is 11.4. The first kappa shape index (κ1) is 14.5. The highest BCUT2D eigenvalue weighted by molar-refractivity contribution is 5.90. The lowest BCUT2D eigenvalue weighted by molar-refractivity contribution is 0.0469. The molecule has 0 aliphatic heterocycles. The van der Waals surface area contributed by atoms with Crippen LogP contribution < -0.4 is 5.73 Å². The molecule has 0 radical (unpaired) electrons. The number of halogens is 1. The van der Waals surface area contributed by atoms with Crippen molar-refractivity contribution in [2.45, 2.75) is 13.5 Å². The molecule has 0 spiro atoms. The van der Waals surface area contributed by atoms with Crippen LogP contribution in [0.4, 0.5) is 10.1 Å². The summed E-state index contributed by atoms with van der Waals surface area (Å²) < 4.78 is 18.7. The Kier molecular flexibility index (Phi) is 4.19. The molecule has 2 aromatic carbocycles. The minimum absolute atomic E-state index is 0.204. The number of hydrogen-bond acceptors (Lipinski definition) is 4. The summed E-state index contributed by atoms with van der Waals surface area (Å²) in [5.41, 5.74) is 7.82. The smallest absolute Gasteiger partial charge is 0.338 e. The Bertz CT molecular complexity index is 736. The van der Waals surface area contributed by atoms with Gasteiger partial charge in [0.1, 0.15) is 12.4 Å². The number of nitrogen functional groups attached to an aromatic ring is 1. The van der Waals surface area contributed by atoms with Gasteiger partial charge in [0.15, 0.2) is 0 Å². The largest absolute Gasteiger partial charge is 0.457 e. The van der Waals surface area contributed by atoms with Crippen molar-refractivity contribution >= 4 is 11.7 Å². The molecule has 0 aromatic heterocycles. The molecule has 5 heteroatoms. The minimum Gasteiger partial charge on any atom is -0.457 e. The number of esters is 1. The summed E-state index contributed by atoms with van der Waals surface area (Å²) in [7, 11) is 0. The van der Waals surface area contributed by atoms with Crippen molar-refractivity contribution in [1.29, 1.82) is 5.26 Å². The molecule has 0 unspecified atom stereocenters. The number of ether oxygens (including phenoxy) is 1. The van der Waals surface area contributed by atoms with Gasteiger partial charge in [-0.2, -0.15) is 5.26 Å². The number of carbonyl (C=O) groups is 1. The number of rotatable bonds is 3. The second-order valence-corrected chi connectivity index (χ2v) is 4.57. The van der Waals surface area contributed by atoms with Gasteiger partial charge < -0.3 is 10.5 Å². The predicted molar refractivity (Wildman–Crippen MR) is 75.8 cm³/mol. The van der Waals surface area contributed by atoms with E-state index in [1.54, 1.807) is 12.1 Å². The molecular formula is C16H13FN2O2. The lowest BCUT2D eigenvalue weighted by Gasteiger charge is -2.07. The maximum atomic E-state index is 13.6. The van der Waals surface area contributed by atoms with Gasteiger partial charge in [0.05, 0.1) is 17.2 Å². The van der Waals surface area contributed by atoms with Gasteiger partial charge in [0, 0.05) is 11.3 Å². The van der Waals surface area contributed by atoms with Crippen molar-refractivity contribution in [2.75, 3.05) is 5.73 Å². The van der Waals surface area contributed by atoms with E-state index in [0.29, 0.717) is 11.3 Å². The number of aryl methyl sites for hydroxylation is 1. The van der Waals surface area contributed by atoms with Gasteiger partial charge in [-0.15, -0.1) is 0 Å².